The molecule has 1 aliphatic heterocycles. The molecule has 2 aliphatic rings. The number of ether oxygens (including phenoxy) is 2. The average molecular weight is 506 g/mol. The summed E-state index contributed by atoms with van der Waals surface area (Å²) in [4.78, 5) is 8.60. The van der Waals surface area contributed by atoms with Crippen molar-refractivity contribution in [3.05, 3.63) is 35.5 Å². The molecule has 0 amide bonds. The van der Waals surface area contributed by atoms with Gasteiger partial charge in [0.2, 0.25) is 0 Å². The molecule has 2 fully saturated rings. The third-order valence-corrected chi connectivity index (χ3v) is 7.24. The molecule has 1 aliphatic carbocycles. The predicted molar refractivity (Wildman–Crippen MR) is 139 cm³/mol. The molecule has 0 aromatic carbocycles. The quantitative estimate of drug-likeness (QED) is 0.386. The monoisotopic (exact) mass is 505 g/mol. The Balaban J connectivity index is 1.38. The standard InChI is InChI=1S/C26H37ClFN5O2/c1-17(16-34-2)32-19-3-5-20(6-4-19)33-25-12-22(24(28)15-30-25)23-11-21(14-31-26(23)27)29-13-18-7-9-35-10-8-18/h11-12,14-15,17-20,29,32H,3-10,13,16H2,1-2H3,(H,30,33)/t17-,19-,20-/m1/s1. The summed E-state index contributed by atoms with van der Waals surface area (Å²) in [5, 5.41) is 10.8. The highest BCUT2D eigenvalue weighted by Crippen LogP contribution is 2.33. The highest BCUT2D eigenvalue weighted by Gasteiger charge is 2.23. The number of rotatable bonds is 10. The van der Waals surface area contributed by atoms with Crippen molar-refractivity contribution in [3.63, 3.8) is 0 Å². The van der Waals surface area contributed by atoms with E-state index in [9.17, 15) is 4.39 Å². The fourth-order valence-electron chi connectivity index (χ4n) is 4.98. The van der Waals surface area contributed by atoms with E-state index in [1.807, 2.05) is 6.07 Å². The third-order valence-electron chi connectivity index (χ3n) is 6.94. The predicted octanol–water partition coefficient (Wildman–Crippen LogP) is 5.12. The second-order valence-electron chi connectivity index (χ2n) is 9.76. The molecule has 0 radical (unpaired) electrons. The Morgan fingerprint density at radius 2 is 1.80 bits per heavy atom. The summed E-state index contributed by atoms with van der Waals surface area (Å²) in [7, 11) is 1.73. The first kappa shape index (κ1) is 26.1. The fraction of sp³-hybridized carbons (Fsp3) is 0.615. The number of aromatic nitrogens is 2. The van der Waals surface area contributed by atoms with Crippen molar-refractivity contribution >= 4 is 23.1 Å². The number of halogens is 2. The minimum absolute atomic E-state index is 0.273. The molecule has 7 nitrogen and oxygen atoms in total. The summed E-state index contributed by atoms with van der Waals surface area (Å²) < 4.78 is 25.5. The molecule has 192 valence electrons. The van der Waals surface area contributed by atoms with Gasteiger partial charge in [-0.3, -0.25) is 0 Å². The Hall–Kier alpha value is -2.00. The molecule has 0 spiro atoms. The van der Waals surface area contributed by atoms with Gasteiger partial charge in [0.25, 0.3) is 0 Å². The lowest BCUT2D eigenvalue weighted by Crippen LogP contribution is -2.42. The van der Waals surface area contributed by atoms with Gasteiger partial charge in [-0.1, -0.05) is 11.6 Å². The van der Waals surface area contributed by atoms with Crippen LogP contribution in [0.25, 0.3) is 11.1 Å². The smallest absolute Gasteiger partial charge is 0.149 e. The van der Waals surface area contributed by atoms with Crippen LogP contribution in [0.4, 0.5) is 15.9 Å². The van der Waals surface area contributed by atoms with Gasteiger partial charge in [0.1, 0.15) is 16.8 Å². The average Bonchev–Trinajstić information content (AvgIpc) is 2.87. The SMILES string of the molecule is COC[C@@H](C)N[C@H]1CC[C@H](Nc2cc(-c3cc(NCC4CCOCC4)cnc3Cl)c(F)cn2)CC1. The lowest BCUT2D eigenvalue weighted by molar-refractivity contribution is 0.0699. The second kappa shape index (κ2) is 12.8. The normalized spacial score (nSPS) is 22.1. The van der Waals surface area contributed by atoms with Gasteiger partial charge in [-0.25, -0.2) is 14.4 Å². The molecule has 9 heteroatoms. The molecule has 3 heterocycles. The molecule has 2 aromatic rings. The molecule has 1 saturated heterocycles. The first-order chi connectivity index (χ1) is 17.0. The Morgan fingerprint density at radius 3 is 2.54 bits per heavy atom. The van der Waals surface area contributed by atoms with E-state index in [1.165, 1.54) is 6.20 Å². The highest BCUT2D eigenvalue weighted by atomic mass is 35.5. The number of methoxy groups -OCH3 is 1. The van der Waals surface area contributed by atoms with Crippen molar-refractivity contribution in [2.45, 2.75) is 63.6 Å². The Labute approximate surface area is 212 Å². The van der Waals surface area contributed by atoms with E-state index in [2.05, 4.69) is 32.8 Å². The molecule has 1 saturated carbocycles. The number of nitrogens with zero attached hydrogens (tertiary/aromatic N) is 2. The van der Waals surface area contributed by atoms with Crippen molar-refractivity contribution in [2.24, 2.45) is 5.92 Å². The van der Waals surface area contributed by atoms with E-state index in [-0.39, 0.29) is 5.15 Å². The van der Waals surface area contributed by atoms with E-state index in [0.29, 0.717) is 47.6 Å². The van der Waals surface area contributed by atoms with E-state index in [1.54, 1.807) is 19.4 Å². The zero-order chi connectivity index (χ0) is 24.6. The van der Waals surface area contributed by atoms with Gasteiger partial charge < -0.3 is 25.4 Å². The molecule has 0 unspecified atom stereocenters. The Morgan fingerprint density at radius 1 is 1.06 bits per heavy atom. The topological polar surface area (TPSA) is 80.3 Å². The summed E-state index contributed by atoms with van der Waals surface area (Å²) in [6.07, 6.45) is 9.25. The van der Waals surface area contributed by atoms with Crippen LogP contribution in [-0.4, -0.2) is 61.6 Å². The minimum Gasteiger partial charge on any atom is -0.384 e. The summed E-state index contributed by atoms with van der Waals surface area (Å²) >= 11 is 6.40. The second-order valence-corrected chi connectivity index (χ2v) is 10.1. The highest BCUT2D eigenvalue weighted by molar-refractivity contribution is 6.32. The minimum atomic E-state index is -0.416. The van der Waals surface area contributed by atoms with Gasteiger partial charge in [-0.2, -0.15) is 0 Å². The molecule has 2 aromatic heterocycles. The number of anilines is 2. The van der Waals surface area contributed by atoms with Crippen LogP contribution in [0, 0.1) is 11.7 Å². The van der Waals surface area contributed by atoms with Gasteiger partial charge in [-0.05, 0) is 63.5 Å². The van der Waals surface area contributed by atoms with Crippen molar-refractivity contribution in [2.75, 3.05) is 44.1 Å². The van der Waals surface area contributed by atoms with E-state index < -0.39 is 5.82 Å². The van der Waals surface area contributed by atoms with Crippen LogP contribution in [0.5, 0.6) is 0 Å². The van der Waals surface area contributed by atoms with Crippen molar-refractivity contribution in [3.8, 4) is 11.1 Å². The maximum atomic E-state index is 14.8. The van der Waals surface area contributed by atoms with Crippen LogP contribution in [-0.2, 0) is 9.47 Å². The zero-order valence-electron chi connectivity index (χ0n) is 20.7. The van der Waals surface area contributed by atoms with Crippen LogP contribution in [0.1, 0.15) is 45.4 Å². The molecular formula is C26H37ClFN5O2. The third kappa shape index (κ3) is 7.49. The van der Waals surface area contributed by atoms with Crippen LogP contribution in [0.15, 0.2) is 24.5 Å². The Kier molecular flexibility index (Phi) is 9.54. The fourth-order valence-corrected chi connectivity index (χ4v) is 5.19. The van der Waals surface area contributed by atoms with Crippen LogP contribution < -0.4 is 16.0 Å². The van der Waals surface area contributed by atoms with Crippen molar-refractivity contribution in [1.82, 2.24) is 15.3 Å². The van der Waals surface area contributed by atoms with Crippen LogP contribution >= 0.6 is 11.6 Å². The molecule has 3 N–H and O–H groups in total. The molecule has 4 rings (SSSR count). The number of hydrogen-bond donors (Lipinski definition) is 3. The van der Waals surface area contributed by atoms with E-state index in [4.69, 9.17) is 21.1 Å². The Bertz CT molecular complexity index is 951. The van der Waals surface area contributed by atoms with Crippen molar-refractivity contribution < 1.29 is 13.9 Å². The van der Waals surface area contributed by atoms with E-state index in [0.717, 1.165) is 64.0 Å². The van der Waals surface area contributed by atoms with Gasteiger partial charge in [-0.15, -0.1) is 0 Å². The molecule has 1 atom stereocenters. The van der Waals surface area contributed by atoms with Crippen LogP contribution in [0.3, 0.4) is 0 Å². The number of hydrogen-bond acceptors (Lipinski definition) is 7. The van der Waals surface area contributed by atoms with E-state index >= 15 is 0 Å². The summed E-state index contributed by atoms with van der Waals surface area (Å²) in [6, 6.07) is 4.76. The first-order valence-electron chi connectivity index (χ1n) is 12.7. The maximum Gasteiger partial charge on any atom is 0.149 e. The number of pyridine rings is 2. The van der Waals surface area contributed by atoms with Crippen LogP contribution in [0.2, 0.25) is 5.15 Å². The summed E-state index contributed by atoms with van der Waals surface area (Å²) in [6.45, 7) is 5.30. The molecule has 35 heavy (non-hydrogen) atoms. The molecule has 0 bridgehead atoms. The lowest BCUT2D eigenvalue weighted by Gasteiger charge is -2.31. The van der Waals surface area contributed by atoms with Crippen molar-refractivity contribution in [1.29, 1.82) is 0 Å². The van der Waals surface area contributed by atoms with Gasteiger partial charge in [0, 0.05) is 56.1 Å². The largest absolute Gasteiger partial charge is 0.384 e. The first-order valence-corrected chi connectivity index (χ1v) is 13.0. The van der Waals surface area contributed by atoms with Gasteiger partial charge in [0.15, 0.2) is 0 Å². The summed E-state index contributed by atoms with van der Waals surface area (Å²) in [5.41, 5.74) is 1.79. The molecular weight excluding hydrogens is 469 g/mol. The lowest BCUT2D eigenvalue weighted by atomic mass is 9.90. The maximum absolute atomic E-state index is 14.8. The number of nitrogens with one attached hydrogen (secondary N) is 3. The van der Waals surface area contributed by atoms with Gasteiger partial charge >= 0.3 is 0 Å². The summed E-state index contributed by atoms with van der Waals surface area (Å²) in [5.74, 6) is 0.799. The van der Waals surface area contributed by atoms with Gasteiger partial charge in [0.05, 0.1) is 24.7 Å². The zero-order valence-corrected chi connectivity index (χ0v) is 21.4.